The first-order valence-electron chi connectivity index (χ1n) is 8.12. The molecule has 3 aromatic heterocycles. The van der Waals surface area contributed by atoms with Crippen molar-refractivity contribution in [3.05, 3.63) is 45.5 Å². The Morgan fingerprint density at radius 3 is 2.70 bits per heavy atom. The van der Waals surface area contributed by atoms with Crippen LogP contribution in [0.3, 0.4) is 0 Å². The highest BCUT2D eigenvalue weighted by molar-refractivity contribution is 5.75. The first-order valence-corrected chi connectivity index (χ1v) is 8.12. The Hall–Kier alpha value is -3.11. The number of nitrogens with zero attached hydrogens (tertiary/aromatic N) is 4. The van der Waals surface area contributed by atoms with Gasteiger partial charge in [0.05, 0.1) is 17.7 Å². The fourth-order valence-corrected chi connectivity index (χ4v) is 3.51. The van der Waals surface area contributed by atoms with E-state index in [4.69, 9.17) is 0 Å². The molecule has 0 aromatic carbocycles. The van der Waals surface area contributed by atoms with Crippen molar-refractivity contribution >= 4 is 11.3 Å². The van der Waals surface area contributed by atoms with Gasteiger partial charge in [-0.05, 0) is 6.07 Å². The second-order valence-corrected chi connectivity index (χ2v) is 7.05. The molecule has 3 aromatic rings. The van der Waals surface area contributed by atoms with E-state index in [2.05, 4.69) is 20.1 Å². The molecule has 1 saturated heterocycles. The summed E-state index contributed by atoms with van der Waals surface area (Å²) in [5, 5.41) is 4.30. The summed E-state index contributed by atoms with van der Waals surface area (Å²) in [6, 6.07) is 1.60. The van der Waals surface area contributed by atoms with Crippen LogP contribution in [0, 0.1) is 5.41 Å². The van der Waals surface area contributed by atoms with Gasteiger partial charge < -0.3 is 9.88 Å². The molecule has 0 atom stereocenters. The Kier molecular flexibility index (Phi) is 3.65. The zero-order valence-electron chi connectivity index (χ0n) is 14.2. The van der Waals surface area contributed by atoms with Crippen LogP contribution < -0.4 is 16.1 Å². The zero-order valence-corrected chi connectivity index (χ0v) is 14.2. The molecule has 27 heavy (non-hydrogen) atoms. The highest BCUT2D eigenvalue weighted by atomic mass is 19.4. The van der Waals surface area contributed by atoms with Crippen LogP contribution in [-0.4, -0.2) is 43.8 Å². The summed E-state index contributed by atoms with van der Waals surface area (Å²) in [5.74, 6) is 0. The van der Waals surface area contributed by atoms with E-state index < -0.39 is 29.3 Å². The summed E-state index contributed by atoms with van der Waals surface area (Å²) in [6.07, 6.45) is -0.743. The van der Waals surface area contributed by atoms with Crippen LogP contribution in [0.5, 0.6) is 0 Å². The maximum absolute atomic E-state index is 12.8. The molecule has 1 aliphatic heterocycles. The average Bonchev–Trinajstić information content (AvgIpc) is 2.98. The zero-order chi connectivity index (χ0) is 19.4. The number of hydrogen-bond donors (Lipinski definition) is 2. The monoisotopic (exact) mass is 380 g/mol. The number of halogens is 3. The third kappa shape index (κ3) is 3.20. The van der Waals surface area contributed by atoms with E-state index in [1.54, 1.807) is 24.1 Å². The number of aromatic amines is 2. The molecule has 1 aliphatic rings. The second-order valence-electron chi connectivity index (χ2n) is 7.05. The van der Waals surface area contributed by atoms with Crippen molar-refractivity contribution in [1.29, 1.82) is 0 Å². The van der Waals surface area contributed by atoms with Crippen molar-refractivity contribution in [2.24, 2.45) is 5.41 Å². The van der Waals surface area contributed by atoms with Crippen molar-refractivity contribution in [2.45, 2.75) is 19.5 Å². The quantitative estimate of drug-likeness (QED) is 0.718. The van der Waals surface area contributed by atoms with Gasteiger partial charge in [0, 0.05) is 37.1 Å². The van der Waals surface area contributed by atoms with Gasteiger partial charge in [0.1, 0.15) is 5.69 Å². The molecule has 0 spiro atoms. The van der Waals surface area contributed by atoms with E-state index in [1.807, 2.05) is 0 Å². The Balaban J connectivity index is 1.73. The lowest BCUT2D eigenvalue weighted by Gasteiger charge is -2.49. The van der Waals surface area contributed by atoms with Crippen LogP contribution in [0.15, 0.2) is 34.2 Å². The average molecular weight is 380 g/mol. The maximum atomic E-state index is 12.8. The number of H-pyrrole nitrogens is 2. The summed E-state index contributed by atoms with van der Waals surface area (Å²) in [5.41, 5.74) is -0.646. The Labute approximate surface area is 149 Å². The van der Waals surface area contributed by atoms with Gasteiger partial charge in [0.15, 0.2) is 5.65 Å². The summed E-state index contributed by atoms with van der Waals surface area (Å²) in [4.78, 5) is 33.8. The third-order valence-corrected chi connectivity index (χ3v) is 4.55. The standard InChI is InChI=1S/C16H15F3N6O2/c1-15(6-16(17,18)19)7-24(8-15)11-4-10(23-25-3-2-20-12(11)25)9-5-21-14(27)22-13(9)26/h2-5H,6-8H2,1H3,(H2,21,22,26,27). The van der Waals surface area contributed by atoms with Gasteiger partial charge >= 0.3 is 11.9 Å². The molecule has 11 heteroatoms. The summed E-state index contributed by atoms with van der Waals surface area (Å²) in [6.45, 7) is 2.01. The van der Waals surface area contributed by atoms with Gasteiger partial charge in [-0.25, -0.2) is 14.3 Å². The largest absolute Gasteiger partial charge is 0.389 e. The number of rotatable bonds is 3. The number of anilines is 1. The lowest BCUT2D eigenvalue weighted by molar-refractivity contribution is -0.159. The normalized spacial score (nSPS) is 16.5. The molecule has 142 valence electrons. The Morgan fingerprint density at radius 1 is 1.30 bits per heavy atom. The summed E-state index contributed by atoms with van der Waals surface area (Å²) in [7, 11) is 0. The lowest BCUT2D eigenvalue weighted by atomic mass is 9.78. The molecule has 0 amide bonds. The smallest absolute Gasteiger partial charge is 0.367 e. The summed E-state index contributed by atoms with van der Waals surface area (Å²) < 4.78 is 39.7. The van der Waals surface area contributed by atoms with Crippen LogP contribution in [0.2, 0.25) is 0 Å². The molecule has 0 aliphatic carbocycles. The lowest BCUT2D eigenvalue weighted by Crippen LogP contribution is -2.56. The number of nitrogens with one attached hydrogen (secondary N) is 2. The van der Waals surface area contributed by atoms with Crippen molar-refractivity contribution < 1.29 is 13.2 Å². The number of imidazole rings is 1. The van der Waals surface area contributed by atoms with Crippen molar-refractivity contribution in [3.63, 3.8) is 0 Å². The van der Waals surface area contributed by atoms with E-state index in [1.165, 1.54) is 16.9 Å². The predicted molar refractivity (Wildman–Crippen MR) is 90.7 cm³/mol. The van der Waals surface area contributed by atoms with Crippen LogP contribution in [0.25, 0.3) is 16.9 Å². The van der Waals surface area contributed by atoms with Crippen LogP contribution >= 0.6 is 0 Å². The molecule has 0 radical (unpaired) electrons. The van der Waals surface area contributed by atoms with Gasteiger partial charge in [-0.2, -0.15) is 18.3 Å². The number of hydrogen-bond acceptors (Lipinski definition) is 5. The molecule has 0 unspecified atom stereocenters. The fourth-order valence-electron chi connectivity index (χ4n) is 3.51. The molecule has 4 rings (SSSR count). The molecular weight excluding hydrogens is 365 g/mol. The van der Waals surface area contributed by atoms with Crippen LogP contribution in [0.4, 0.5) is 18.9 Å². The van der Waals surface area contributed by atoms with Gasteiger partial charge in [-0.1, -0.05) is 6.92 Å². The predicted octanol–water partition coefficient (Wildman–Crippen LogP) is 1.55. The van der Waals surface area contributed by atoms with E-state index in [9.17, 15) is 22.8 Å². The Bertz CT molecular complexity index is 1120. The van der Waals surface area contributed by atoms with Gasteiger partial charge in [0.2, 0.25) is 0 Å². The number of fused-ring (bicyclic) bond motifs is 1. The highest BCUT2D eigenvalue weighted by Gasteiger charge is 2.47. The topological polar surface area (TPSA) is 99.2 Å². The van der Waals surface area contributed by atoms with Crippen molar-refractivity contribution in [1.82, 2.24) is 24.6 Å². The summed E-state index contributed by atoms with van der Waals surface area (Å²) >= 11 is 0. The second kappa shape index (κ2) is 5.69. The first kappa shape index (κ1) is 17.3. The molecule has 0 bridgehead atoms. The molecular formula is C16H15F3N6O2. The van der Waals surface area contributed by atoms with Gasteiger partial charge in [0.25, 0.3) is 5.56 Å². The SMILES string of the molecule is CC1(CC(F)(F)F)CN(c2cc(-c3c[nH]c(=O)[nH]c3=O)nn3ccnc23)C1. The molecule has 1 fully saturated rings. The number of alkyl halides is 3. The fraction of sp³-hybridized carbons (Fsp3) is 0.375. The first-order chi connectivity index (χ1) is 12.6. The minimum absolute atomic E-state index is 0.144. The molecule has 4 heterocycles. The molecule has 0 saturated carbocycles. The minimum atomic E-state index is -4.23. The van der Waals surface area contributed by atoms with Crippen molar-refractivity contribution in [2.75, 3.05) is 18.0 Å². The maximum Gasteiger partial charge on any atom is 0.389 e. The van der Waals surface area contributed by atoms with Crippen molar-refractivity contribution in [3.8, 4) is 11.3 Å². The minimum Gasteiger partial charge on any atom is -0.367 e. The van der Waals surface area contributed by atoms with E-state index in [-0.39, 0.29) is 24.3 Å². The van der Waals surface area contributed by atoms with Crippen LogP contribution in [-0.2, 0) is 0 Å². The Morgan fingerprint density at radius 2 is 2.04 bits per heavy atom. The van der Waals surface area contributed by atoms with E-state index in [0.29, 0.717) is 11.3 Å². The van der Waals surface area contributed by atoms with E-state index >= 15 is 0 Å². The molecule has 2 N–H and O–H groups in total. The highest BCUT2D eigenvalue weighted by Crippen LogP contribution is 2.43. The third-order valence-electron chi connectivity index (χ3n) is 4.55. The molecule has 8 nitrogen and oxygen atoms in total. The van der Waals surface area contributed by atoms with E-state index in [0.717, 1.165) is 0 Å². The van der Waals surface area contributed by atoms with Gasteiger partial charge in [-0.15, -0.1) is 0 Å². The van der Waals surface area contributed by atoms with Crippen LogP contribution in [0.1, 0.15) is 13.3 Å². The number of aromatic nitrogens is 5. The van der Waals surface area contributed by atoms with Gasteiger partial charge in [-0.3, -0.25) is 9.78 Å².